The lowest BCUT2D eigenvalue weighted by Gasteiger charge is -2.33. The molecule has 2 aromatic carbocycles. The van der Waals surface area contributed by atoms with Crippen LogP contribution in [0.4, 0.5) is 16.0 Å². The summed E-state index contributed by atoms with van der Waals surface area (Å²) >= 11 is 12.1. The Morgan fingerprint density at radius 3 is 2.56 bits per heavy atom. The van der Waals surface area contributed by atoms with Crippen LogP contribution in [0.25, 0.3) is 11.1 Å². The number of carbonyl (C=O) groups excluding carboxylic acids is 1. The number of hydrogen-bond donors (Lipinski definition) is 3. The second kappa shape index (κ2) is 13.1. The van der Waals surface area contributed by atoms with Gasteiger partial charge in [0.05, 0.1) is 16.0 Å². The lowest BCUT2D eigenvalue weighted by molar-refractivity contribution is -0.142. The third kappa shape index (κ3) is 7.16. The molecule has 3 aromatic rings. The highest BCUT2D eigenvalue weighted by Gasteiger charge is 2.31. The van der Waals surface area contributed by atoms with Crippen LogP contribution < -0.4 is 15.5 Å². The van der Waals surface area contributed by atoms with Crippen molar-refractivity contribution in [3.05, 3.63) is 70.2 Å². The molecule has 1 aliphatic rings. The molecule has 0 bridgehead atoms. The summed E-state index contributed by atoms with van der Waals surface area (Å²) in [5, 5.41) is 16.4. The van der Waals surface area contributed by atoms with E-state index in [2.05, 4.69) is 20.6 Å². The number of halogens is 3. The van der Waals surface area contributed by atoms with E-state index in [1.54, 1.807) is 17.0 Å². The number of carboxylic acids is 1. The van der Waals surface area contributed by atoms with Crippen LogP contribution in [0, 0.1) is 11.7 Å². The first kappa shape index (κ1) is 28.6. The zero-order chi connectivity index (χ0) is 27.9. The van der Waals surface area contributed by atoms with Gasteiger partial charge in [-0.3, -0.25) is 4.79 Å². The Bertz CT molecular complexity index is 1330. The monoisotopic (exact) mass is 573 g/mol. The highest BCUT2D eigenvalue weighted by atomic mass is 35.5. The van der Waals surface area contributed by atoms with Gasteiger partial charge in [-0.05, 0) is 48.1 Å². The summed E-state index contributed by atoms with van der Waals surface area (Å²) in [6.07, 6.45) is 3.45. The Morgan fingerprint density at radius 1 is 1.13 bits per heavy atom. The molecule has 4 rings (SSSR count). The first-order valence-electron chi connectivity index (χ1n) is 12.8. The molecule has 1 saturated heterocycles. The van der Waals surface area contributed by atoms with Crippen LogP contribution in [0.5, 0.6) is 0 Å². The number of carboxylic acid groups (broad SMARTS) is 1. The van der Waals surface area contributed by atoms with E-state index in [0.29, 0.717) is 36.0 Å². The van der Waals surface area contributed by atoms with Crippen LogP contribution in [0.2, 0.25) is 10.0 Å². The fourth-order valence-electron chi connectivity index (χ4n) is 4.57. The minimum absolute atomic E-state index is 0.117. The number of carbonyl (C=O) groups is 2. The maximum Gasteiger partial charge on any atom is 0.326 e. The van der Waals surface area contributed by atoms with Crippen LogP contribution in [0.3, 0.4) is 0 Å². The summed E-state index contributed by atoms with van der Waals surface area (Å²) in [6, 6.07) is 11.6. The third-order valence-electron chi connectivity index (χ3n) is 6.67. The fourth-order valence-corrected chi connectivity index (χ4v) is 4.86. The SMILES string of the molecule is CCCNc1ncnc(N2CCCC(C(=O)N[C@@H](Cc3ccc(-c4ccc(Cl)c(Cl)c4)cc3)C(=O)O)C2)c1F. The van der Waals surface area contributed by atoms with E-state index >= 15 is 4.39 Å². The lowest BCUT2D eigenvalue weighted by Crippen LogP contribution is -2.49. The van der Waals surface area contributed by atoms with Gasteiger partial charge in [0.15, 0.2) is 11.6 Å². The Morgan fingerprint density at radius 2 is 1.87 bits per heavy atom. The molecule has 1 fully saturated rings. The topological polar surface area (TPSA) is 107 Å². The van der Waals surface area contributed by atoms with Crippen LogP contribution in [0.15, 0.2) is 48.8 Å². The molecule has 0 spiro atoms. The van der Waals surface area contributed by atoms with Crippen LogP contribution in [-0.4, -0.2) is 52.6 Å². The molecule has 0 aliphatic carbocycles. The first-order valence-corrected chi connectivity index (χ1v) is 13.6. The summed E-state index contributed by atoms with van der Waals surface area (Å²) < 4.78 is 15.0. The van der Waals surface area contributed by atoms with Crippen molar-refractivity contribution >= 4 is 46.7 Å². The molecule has 206 valence electrons. The number of benzene rings is 2. The summed E-state index contributed by atoms with van der Waals surface area (Å²) in [6.45, 7) is 3.32. The summed E-state index contributed by atoms with van der Waals surface area (Å²) in [5.41, 5.74) is 2.54. The van der Waals surface area contributed by atoms with Gasteiger partial charge in [-0.25, -0.2) is 14.8 Å². The molecule has 0 radical (unpaired) electrons. The molecule has 1 amide bonds. The molecule has 8 nitrogen and oxygen atoms in total. The molecule has 3 N–H and O–H groups in total. The molecule has 1 unspecified atom stereocenters. The lowest BCUT2D eigenvalue weighted by atomic mass is 9.96. The van der Waals surface area contributed by atoms with Crippen molar-refractivity contribution in [2.24, 2.45) is 5.92 Å². The number of anilines is 2. The van der Waals surface area contributed by atoms with E-state index in [4.69, 9.17) is 23.2 Å². The number of aromatic nitrogens is 2. The number of aliphatic carboxylic acids is 1. The summed E-state index contributed by atoms with van der Waals surface area (Å²) in [4.78, 5) is 34.9. The van der Waals surface area contributed by atoms with E-state index < -0.39 is 23.7 Å². The second-order valence-corrected chi connectivity index (χ2v) is 10.3. The van der Waals surface area contributed by atoms with Gasteiger partial charge in [0.25, 0.3) is 0 Å². The average molecular weight is 574 g/mol. The highest BCUT2D eigenvalue weighted by Crippen LogP contribution is 2.29. The predicted molar refractivity (Wildman–Crippen MR) is 151 cm³/mol. The first-order chi connectivity index (χ1) is 18.8. The summed E-state index contributed by atoms with van der Waals surface area (Å²) in [5.74, 6) is -2.29. The van der Waals surface area contributed by atoms with Crippen molar-refractivity contribution in [2.45, 2.75) is 38.6 Å². The molecule has 39 heavy (non-hydrogen) atoms. The molecule has 2 atom stereocenters. The van der Waals surface area contributed by atoms with E-state index in [1.807, 2.05) is 37.3 Å². The minimum atomic E-state index is -1.13. The van der Waals surface area contributed by atoms with Crippen molar-refractivity contribution in [1.82, 2.24) is 15.3 Å². The van der Waals surface area contributed by atoms with Crippen molar-refractivity contribution in [2.75, 3.05) is 29.9 Å². The van der Waals surface area contributed by atoms with Gasteiger partial charge in [-0.2, -0.15) is 4.39 Å². The van der Waals surface area contributed by atoms with Crippen molar-refractivity contribution in [3.63, 3.8) is 0 Å². The number of amides is 1. The highest BCUT2D eigenvalue weighted by molar-refractivity contribution is 6.42. The number of hydrogen-bond acceptors (Lipinski definition) is 6. The van der Waals surface area contributed by atoms with E-state index in [-0.39, 0.29) is 30.5 Å². The van der Waals surface area contributed by atoms with E-state index in [0.717, 1.165) is 23.1 Å². The Kier molecular flexibility index (Phi) is 9.59. The summed E-state index contributed by atoms with van der Waals surface area (Å²) in [7, 11) is 0. The quantitative estimate of drug-likeness (QED) is 0.296. The Hall–Kier alpha value is -3.43. The van der Waals surface area contributed by atoms with E-state index in [1.165, 1.54) is 6.33 Å². The molecule has 1 aliphatic heterocycles. The standard InChI is InChI=1S/C28H30Cl2FN5O3/c1-2-11-32-25-24(31)26(34-16-33-25)36-12-3-4-20(15-36)27(37)35-23(28(38)39)13-17-5-7-18(8-6-17)19-9-10-21(29)22(30)14-19/h5-10,14,16,20,23H,2-4,11-13,15H2,1H3,(H,35,37)(H,38,39)(H,32,33,34)/t20?,23-/m0/s1. The van der Waals surface area contributed by atoms with Crippen LogP contribution in [0.1, 0.15) is 31.7 Å². The third-order valence-corrected chi connectivity index (χ3v) is 7.41. The average Bonchev–Trinajstić information content (AvgIpc) is 2.94. The zero-order valence-electron chi connectivity index (χ0n) is 21.5. The van der Waals surface area contributed by atoms with Crippen molar-refractivity contribution in [1.29, 1.82) is 0 Å². The van der Waals surface area contributed by atoms with Crippen molar-refractivity contribution < 1.29 is 19.1 Å². The number of rotatable bonds is 10. The van der Waals surface area contributed by atoms with Gasteiger partial charge in [-0.1, -0.05) is 60.5 Å². The Labute approximate surface area is 236 Å². The number of nitrogens with one attached hydrogen (secondary N) is 2. The normalized spacial score (nSPS) is 16.0. The van der Waals surface area contributed by atoms with Crippen LogP contribution in [-0.2, 0) is 16.0 Å². The zero-order valence-corrected chi connectivity index (χ0v) is 23.0. The van der Waals surface area contributed by atoms with Crippen LogP contribution >= 0.6 is 23.2 Å². The predicted octanol–water partition coefficient (Wildman–Crippen LogP) is 5.44. The van der Waals surface area contributed by atoms with Gasteiger partial charge in [0.2, 0.25) is 11.7 Å². The molecule has 11 heteroatoms. The van der Waals surface area contributed by atoms with Crippen molar-refractivity contribution in [3.8, 4) is 11.1 Å². The molecular formula is C28H30Cl2FN5O3. The molecule has 1 aromatic heterocycles. The van der Waals surface area contributed by atoms with Gasteiger partial charge in [0.1, 0.15) is 12.4 Å². The van der Waals surface area contributed by atoms with E-state index in [9.17, 15) is 14.7 Å². The van der Waals surface area contributed by atoms with Gasteiger partial charge < -0.3 is 20.6 Å². The minimum Gasteiger partial charge on any atom is -0.480 e. The van der Waals surface area contributed by atoms with Gasteiger partial charge in [0, 0.05) is 26.1 Å². The molecule has 0 saturated carbocycles. The Balaban J connectivity index is 1.40. The fraction of sp³-hybridized carbons (Fsp3) is 0.357. The maximum absolute atomic E-state index is 15.0. The van der Waals surface area contributed by atoms with Gasteiger partial charge in [-0.15, -0.1) is 0 Å². The molecule has 2 heterocycles. The number of piperidine rings is 1. The smallest absolute Gasteiger partial charge is 0.326 e. The van der Waals surface area contributed by atoms with Gasteiger partial charge >= 0.3 is 5.97 Å². The second-order valence-electron chi connectivity index (χ2n) is 9.50. The largest absolute Gasteiger partial charge is 0.480 e. The number of nitrogens with zero attached hydrogens (tertiary/aromatic N) is 3. The maximum atomic E-state index is 15.0. The molecular weight excluding hydrogens is 544 g/mol.